The maximum atomic E-state index is 14.7. The van der Waals surface area contributed by atoms with Crippen LogP contribution in [-0.2, 0) is 11.2 Å². The van der Waals surface area contributed by atoms with Crippen LogP contribution < -0.4 is 20.4 Å². The minimum atomic E-state index is -2.81. The second kappa shape index (κ2) is 14.7. The molecular formula is C40H32ClF4N5O4S. The smallest absolute Gasteiger partial charge is 0.265 e. The molecule has 2 fully saturated rings. The number of hydrogen-bond donors (Lipinski definition) is 2. The number of pyridine rings is 1. The van der Waals surface area contributed by atoms with Gasteiger partial charge in [0.2, 0.25) is 0 Å². The van der Waals surface area contributed by atoms with E-state index < -0.39 is 35.8 Å². The highest BCUT2D eigenvalue weighted by molar-refractivity contribution is 7.17. The molecule has 0 radical (unpaired) electrons. The van der Waals surface area contributed by atoms with Gasteiger partial charge in [-0.3, -0.25) is 14.4 Å². The molecule has 5 heterocycles. The van der Waals surface area contributed by atoms with Gasteiger partial charge in [-0.15, -0.1) is 11.3 Å². The minimum absolute atomic E-state index is 0.0206. The number of fused-ring (bicyclic) bond motifs is 3. The molecular weight excluding hydrogens is 758 g/mol. The number of anilines is 4. The topological polar surface area (TPSA) is 104 Å². The first-order valence-electron chi connectivity index (χ1n) is 17.5. The van der Waals surface area contributed by atoms with E-state index in [9.17, 15) is 31.9 Å². The number of para-hydroxylation sites is 1. The molecule has 282 valence electrons. The number of aromatic nitrogens is 1. The second-order valence-electron chi connectivity index (χ2n) is 13.8. The van der Waals surface area contributed by atoms with Crippen molar-refractivity contribution in [2.24, 2.45) is 5.41 Å². The first-order valence-corrected chi connectivity index (χ1v) is 18.7. The lowest BCUT2D eigenvalue weighted by atomic mass is 9.73. The summed E-state index contributed by atoms with van der Waals surface area (Å²) in [5, 5.41) is 5.34. The Balaban J connectivity index is 1.00. The van der Waals surface area contributed by atoms with E-state index in [4.69, 9.17) is 16.3 Å². The number of nitrogens with zero attached hydrogens (tertiary/aromatic N) is 3. The Kier molecular flexibility index (Phi) is 9.82. The van der Waals surface area contributed by atoms with Gasteiger partial charge in [0, 0.05) is 71.7 Å². The number of carbonyl (C=O) groups is 3. The zero-order chi connectivity index (χ0) is 38.4. The molecule has 0 unspecified atom stereocenters. The van der Waals surface area contributed by atoms with Gasteiger partial charge < -0.3 is 25.2 Å². The first kappa shape index (κ1) is 36.7. The van der Waals surface area contributed by atoms with E-state index >= 15 is 0 Å². The maximum Gasteiger partial charge on any atom is 0.265 e. The van der Waals surface area contributed by atoms with E-state index in [0.29, 0.717) is 60.4 Å². The van der Waals surface area contributed by atoms with Gasteiger partial charge in [0.05, 0.1) is 26.8 Å². The van der Waals surface area contributed by atoms with Crippen molar-refractivity contribution in [3.05, 3.63) is 123 Å². The molecule has 2 aromatic heterocycles. The van der Waals surface area contributed by atoms with Crippen LogP contribution in [0.4, 0.5) is 40.4 Å². The fourth-order valence-corrected chi connectivity index (χ4v) is 8.68. The predicted molar refractivity (Wildman–Crippen MR) is 203 cm³/mol. The van der Waals surface area contributed by atoms with Crippen molar-refractivity contribution < 1.29 is 36.7 Å². The number of halogens is 5. The normalized spacial score (nSPS) is 15.9. The fraction of sp³-hybridized carbons (Fsp3) is 0.250. The zero-order valence-corrected chi connectivity index (χ0v) is 30.6. The van der Waals surface area contributed by atoms with Gasteiger partial charge in [0.25, 0.3) is 24.1 Å². The Morgan fingerprint density at radius 3 is 2.42 bits per heavy atom. The molecule has 5 aromatic rings. The zero-order valence-electron chi connectivity index (χ0n) is 29.0. The fourth-order valence-electron chi connectivity index (χ4n) is 7.33. The van der Waals surface area contributed by atoms with Crippen LogP contribution in [0.1, 0.15) is 60.8 Å². The van der Waals surface area contributed by atoms with Crippen molar-refractivity contribution in [3.8, 4) is 10.4 Å². The summed E-state index contributed by atoms with van der Waals surface area (Å²) in [6, 6.07) is 17.1. The van der Waals surface area contributed by atoms with Gasteiger partial charge in [-0.05, 0) is 91.6 Å². The van der Waals surface area contributed by atoms with Crippen molar-refractivity contribution in [1.29, 1.82) is 0 Å². The Hall–Kier alpha value is -5.31. The average Bonchev–Trinajstić information content (AvgIpc) is 3.53. The van der Waals surface area contributed by atoms with Crippen molar-refractivity contribution >= 4 is 63.5 Å². The standard InChI is InChI=1S/C40H32ClF4N5O4S/c41-29-2-1-3-30(43)33(29)48-38(52)32-17-23-10-13-50(31-18-25(42)6-9-27(31)34(23)55-32)39(53)22-4-7-26(8-5-22)47-37(51)28-16-24(35(44)45)19-46-36(28)49-20-40(21-49)11-14-54-15-12-40/h1-9,16-19,35H,10-15,20-21H2,(H,47,51)(H,48,52). The highest BCUT2D eigenvalue weighted by atomic mass is 35.5. The quantitative estimate of drug-likeness (QED) is 0.160. The Morgan fingerprint density at radius 2 is 1.69 bits per heavy atom. The summed E-state index contributed by atoms with van der Waals surface area (Å²) in [7, 11) is 0. The first-order chi connectivity index (χ1) is 26.5. The largest absolute Gasteiger partial charge is 0.381 e. The second-order valence-corrected chi connectivity index (χ2v) is 15.3. The van der Waals surface area contributed by atoms with Crippen molar-refractivity contribution in [2.45, 2.75) is 25.7 Å². The lowest BCUT2D eigenvalue weighted by Crippen LogP contribution is -2.59. The molecule has 2 saturated heterocycles. The summed E-state index contributed by atoms with van der Waals surface area (Å²) in [4.78, 5) is 49.3. The number of alkyl halides is 2. The van der Waals surface area contributed by atoms with Gasteiger partial charge >= 0.3 is 0 Å². The lowest BCUT2D eigenvalue weighted by Gasteiger charge is -2.53. The summed E-state index contributed by atoms with van der Waals surface area (Å²) >= 11 is 7.24. The third-order valence-electron chi connectivity index (χ3n) is 10.3. The molecule has 1 spiro atoms. The number of nitrogens with one attached hydrogen (secondary N) is 2. The lowest BCUT2D eigenvalue weighted by molar-refractivity contribution is -0.000523. The molecule has 15 heteroatoms. The number of ether oxygens (including phenoxy) is 1. The van der Waals surface area contributed by atoms with Gasteiger partial charge in [-0.25, -0.2) is 22.5 Å². The summed E-state index contributed by atoms with van der Waals surface area (Å²) in [5.41, 5.74) is 1.75. The molecule has 3 aromatic carbocycles. The van der Waals surface area contributed by atoms with E-state index in [0.717, 1.165) is 42.0 Å². The number of rotatable bonds is 7. The van der Waals surface area contributed by atoms with Crippen LogP contribution in [0, 0.1) is 17.0 Å². The van der Waals surface area contributed by atoms with Crippen LogP contribution >= 0.6 is 22.9 Å². The summed E-state index contributed by atoms with van der Waals surface area (Å²) in [6.45, 7) is 2.76. The summed E-state index contributed by atoms with van der Waals surface area (Å²) < 4.78 is 62.0. The van der Waals surface area contributed by atoms with Crippen molar-refractivity contribution in [1.82, 2.24) is 4.98 Å². The minimum Gasteiger partial charge on any atom is -0.381 e. The molecule has 0 aliphatic carbocycles. The van der Waals surface area contributed by atoms with Crippen LogP contribution in [0.15, 0.2) is 79.0 Å². The third kappa shape index (κ3) is 7.17. The maximum absolute atomic E-state index is 14.7. The van der Waals surface area contributed by atoms with Crippen LogP contribution in [0.2, 0.25) is 5.02 Å². The highest BCUT2D eigenvalue weighted by Crippen LogP contribution is 2.44. The van der Waals surface area contributed by atoms with Gasteiger partial charge in [0.1, 0.15) is 17.5 Å². The van der Waals surface area contributed by atoms with E-state index in [-0.39, 0.29) is 44.2 Å². The molecule has 0 bridgehead atoms. The van der Waals surface area contributed by atoms with E-state index in [1.165, 1.54) is 59.5 Å². The van der Waals surface area contributed by atoms with Gasteiger partial charge in [-0.2, -0.15) is 0 Å². The van der Waals surface area contributed by atoms with Crippen LogP contribution in [0.25, 0.3) is 10.4 Å². The van der Waals surface area contributed by atoms with E-state index in [1.54, 1.807) is 12.1 Å². The van der Waals surface area contributed by atoms with Gasteiger partial charge in [0.15, 0.2) is 0 Å². The summed E-state index contributed by atoms with van der Waals surface area (Å²) in [6.07, 6.45) is 0.374. The Labute approximate surface area is 321 Å². The van der Waals surface area contributed by atoms with Crippen LogP contribution in [-0.4, -0.2) is 55.6 Å². The number of amides is 3. The van der Waals surface area contributed by atoms with E-state index in [2.05, 4.69) is 15.6 Å². The highest BCUT2D eigenvalue weighted by Gasteiger charge is 2.45. The Bertz CT molecular complexity index is 2300. The molecule has 55 heavy (non-hydrogen) atoms. The predicted octanol–water partition coefficient (Wildman–Crippen LogP) is 9.00. The molecule has 8 rings (SSSR count). The SMILES string of the molecule is O=C(Nc1c(F)cccc1Cl)c1cc2c(s1)-c1ccc(F)cc1N(C(=O)c1ccc(NC(=O)c3cc(C(F)F)cnc3N3CC4(CCOCC4)C3)cc1)CC2. The summed E-state index contributed by atoms with van der Waals surface area (Å²) in [5.74, 6) is -2.53. The average molecular weight is 790 g/mol. The molecule has 3 amide bonds. The Morgan fingerprint density at radius 1 is 0.927 bits per heavy atom. The monoisotopic (exact) mass is 789 g/mol. The number of thiophene rings is 1. The molecule has 2 N–H and O–H groups in total. The van der Waals surface area contributed by atoms with Crippen LogP contribution in [0.3, 0.4) is 0 Å². The van der Waals surface area contributed by atoms with Gasteiger partial charge in [-0.1, -0.05) is 17.7 Å². The van der Waals surface area contributed by atoms with Crippen molar-refractivity contribution in [2.75, 3.05) is 53.3 Å². The number of benzene rings is 3. The van der Waals surface area contributed by atoms with Crippen molar-refractivity contribution in [3.63, 3.8) is 0 Å². The third-order valence-corrected chi connectivity index (χ3v) is 11.8. The molecule has 0 atom stereocenters. The number of carbonyl (C=O) groups excluding carboxylic acids is 3. The van der Waals surface area contributed by atoms with E-state index in [1.807, 2.05) is 4.90 Å². The molecule has 9 nitrogen and oxygen atoms in total. The molecule has 3 aliphatic heterocycles. The molecule has 3 aliphatic rings. The van der Waals surface area contributed by atoms with Crippen LogP contribution in [0.5, 0.6) is 0 Å². The molecule has 0 saturated carbocycles. The number of hydrogen-bond acceptors (Lipinski definition) is 7.